The highest BCUT2D eigenvalue weighted by molar-refractivity contribution is 6.05. The van der Waals surface area contributed by atoms with Crippen LogP contribution >= 0.6 is 0 Å². The van der Waals surface area contributed by atoms with E-state index in [-0.39, 0.29) is 34.6 Å². The monoisotopic (exact) mass is 541 g/mol. The molecule has 0 fully saturated rings. The fourth-order valence-electron chi connectivity index (χ4n) is 4.53. The zero-order valence-electron chi connectivity index (χ0n) is 19.7. The minimum Gasteiger partial charge on any atom is -0.506 e. The SMILES string of the molecule is O=C(O)CNC(=O)c1c(O)c2ccc(-c3cncc(O)c3)c3c2n(c1=O)C(c1ccc(C(F)(F)F)cc1)CO3. The number of amides is 1. The predicted molar refractivity (Wildman–Crippen MR) is 130 cm³/mol. The standard InChI is InChI=1S/C26H18F3N3O7/c27-26(28,29)14-3-1-12(2-4-14)18-11-39-23-16(13-7-15(33)9-30-8-13)5-6-17-21(23)32(18)25(38)20(22(17)36)24(37)31-10-19(34)35/h1-9,18,33,36H,10-11H2,(H,31,37)(H,34,35). The summed E-state index contributed by atoms with van der Waals surface area (Å²) in [6.07, 6.45) is -1.95. The van der Waals surface area contributed by atoms with Crippen molar-refractivity contribution in [2.75, 3.05) is 13.2 Å². The molecule has 39 heavy (non-hydrogen) atoms. The summed E-state index contributed by atoms with van der Waals surface area (Å²) in [4.78, 5) is 41.4. The summed E-state index contributed by atoms with van der Waals surface area (Å²) in [7, 11) is 0. The third kappa shape index (κ3) is 4.47. The molecule has 200 valence electrons. The number of carbonyl (C=O) groups excluding carboxylic acids is 1. The molecule has 4 N–H and O–H groups in total. The Hall–Kier alpha value is -5.07. The quantitative estimate of drug-likeness (QED) is 0.301. The number of aliphatic carboxylic acids is 1. The summed E-state index contributed by atoms with van der Waals surface area (Å²) in [6.45, 7) is -1.06. The molecule has 13 heteroatoms. The van der Waals surface area contributed by atoms with Gasteiger partial charge in [0.05, 0.1) is 23.3 Å². The van der Waals surface area contributed by atoms with Gasteiger partial charge < -0.3 is 25.4 Å². The van der Waals surface area contributed by atoms with Crippen LogP contribution in [-0.2, 0) is 11.0 Å². The van der Waals surface area contributed by atoms with Gasteiger partial charge in [0.25, 0.3) is 11.5 Å². The van der Waals surface area contributed by atoms with E-state index in [4.69, 9.17) is 9.84 Å². The lowest BCUT2D eigenvalue weighted by Gasteiger charge is -2.31. The first-order valence-electron chi connectivity index (χ1n) is 11.4. The number of carboxylic acid groups (broad SMARTS) is 1. The van der Waals surface area contributed by atoms with E-state index in [1.165, 1.54) is 42.7 Å². The van der Waals surface area contributed by atoms with Crippen molar-refractivity contribution in [2.45, 2.75) is 12.2 Å². The predicted octanol–water partition coefficient (Wildman–Crippen LogP) is 3.29. The van der Waals surface area contributed by atoms with Crippen LogP contribution in [0.4, 0.5) is 13.2 Å². The number of benzene rings is 2. The molecule has 0 spiro atoms. The Labute approximate surface area is 216 Å². The molecule has 0 saturated heterocycles. The summed E-state index contributed by atoms with van der Waals surface area (Å²) < 4.78 is 46.5. The Kier molecular flexibility index (Phi) is 6.13. The van der Waals surface area contributed by atoms with Crippen molar-refractivity contribution in [1.29, 1.82) is 0 Å². The average molecular weight is 541 g/mol. The van der Waals surface area contributed by atoms with Crippen molar-refractivity contribution < 1.29 is 42.8 Å². The fourth-order valence-corrected chi connectivity index (χ4v) is 4.53. The number of carbonyl (C=O) groups is 2. The third-order valence-corrected chi connectivity index (χ3v) is 6.28. The van der Waals surface area contributed by atoms with E-state index < -0.39 is 53.1 Å². The number of rotatable bonds is 5. The molecule has 0 bridgehead atoms. The number of hydrogen-bond donors (Lipinski definition) is 4. The number of hydrogen-bond acceptors (Lipinski definition) is 7. The fraction of sp³-hybridized carbons (Fsp3) is 0.154. The Morgan fingerprint density at radius 2 is 1.82 bits per heavy atom. The van der Waals surface area contributed by atoms with Crippen LogP contribution in [0.3, 0.4) is 0 Å². The first-order chi connectivity index (χ1) is 18.5. The van der Waals surface area contributed by atoms with E-state index in [2.05, 4.69) is 4.98 Å². The van der Waals surface area contributed by atoms with Crippen LogP contribution < -0.4 is 15.6 Å². The summed E-state index contributed by atoms with van der Waals surface area (Å²) >= 11 is 0. The number of pyridine rings is 2. The number of carboxylic acids is 1. The highest BCUT2D eigenvalue weighted by atomic mass is 19.4. The smallest absolute Gasteiger partial charge is 0.416 e. The van der Waals surface area contributed by atoms with Gasteiger partial charge in [-0.25, -0.2) is 0 Å². The van der Waals surface area contributed by atoms with Crippen LogP contribution in [-0.4, -0.2) is 49.9 Å². The van der Waals surface area contributed by atoms with Crippen LogP contribution in [0, 0.1) is 0 Å². The van der Waals surface area contributed by atoms with E-state index in [0.29, 0.717) is 11.1 Å². The molecule has 0 saturated carbocycles. The van der Waals surface area contributed by atoms with Crippen LogP contribution in [0.1, 0.15) is 27.5 Å². The van der Waals surface area contributed by atoms with Gasteiger partial charge in [-0.1, -0.05) is 12.1 Å². The molecular formula is C26H18F3N3O7. The van der Waals surface area contributed by atoms with Crippen molar-refractivity contribution in [1.82, 2.24) is 14.9 Å². The number of nitrogens with one attached hydrogen (secondary N) is 1. The minimum atomic E-state index is -4.59. The van der Waals surface area contributed by atoms with Crippen LogP contribution in [0.25, 0.3) is 22.0 Å². The van der Waals surface area contributed by atoms with Crippen molar-refractivity contribution in [2.24, 2.45) is 0 Å². The first-order valence-corrected chi connectivity index (χ1v) is 11.4. The summed E-state index contributed by atoms with van der Waals surface area (Å²) in [5, 5.41) is 31.8. The molecule has 2 aromatic carbocycles. The number of alkyl halides is 3. The molecule has 3 heterocycles. The van der Waals surface area contributed by atoms with Crippen molar-refractivity contribution in [3.8, 4) is 28.4 Å². The van der Waals surface area contributed by atoms with Gasteiger partial charge in [-0.2, -0.15) is 13.2 Å². The molecule has 1 amide bonds. The molecule has 0 aliphatic carbocycles. The van der Waals surface area contributed by atoms with Gasteiger partial charge >= 0.3 is 12.1 Å². The second kappa shape index (κ2) is 9.35. The first kappa shape index (κ1) is 25.6. The van der Waals surface area contributed by atoms with Gasteiger partial charge in [-0.3, -0.25) is 23.9 Å². The van der Waals surface area contributed by atoms with Crippen LogP contribution in [0.15, 0.2) is 59.7 Å². The Morgan fingerprint density at radius 1 is 1.10 bits per heavy atom. The van der Waals surface area contributed by atoms with E-state index in [9.17, 15) is 37.8 Å². The number of aromatic nitrogens is 2. The summed E-state index contributed by atoms with van der Waals surface area (Å²) in [5.74, 6) is -3.30. The Balaban J connectivity index is 1.78. The summed E-state index contributed by atoms with van der Waals surface area (Å²) in [5.41, 5.74) is -1.56. The lowest BCUT2D eigenvalue weighted by atomic mass is 9.97. The van der Waals surface area contributed by atoms with E-state index in [1.807, 2.05) is 5.32 Å². The molecule has 5 rings (SSSR count). The van der Waals surface area contributed by atoms with Gasteiger partial charge in [0.2, 0.25) is 0 Å². The number of nitrogens with zero attached hydrogens (tertiary/aromatic N) is 2. The maximum Gasteiger partial charge on any atom is 0.416 e. The maximum absolute atomic E-state index is 13.7. The zero-order valence-corrected chi connectivity index (χ0v) is 19.7. The molecule has 10 nitrogen and oxygen atoms in total. The molecule has 2 aromatic heterocycles. The van der Waals surface area contributed by atoms with Crippen molar-refractivity contribution in [3.05, 3.63) is 81.9 Å². The van der Waals surface area contributed by atoms with Crippen LogP contribution in [0.2, 0.25) is 0 Å². The second-order valence-corrected chi connectivity index (χ2v) is 8.69. The Morgan fingerprint density at radius 3 is 2.46 bits per heavy atom. The highest BCUT2D eigenvalue weighted by Gasteiger charge is 2.34. The number of aromatic hydroxyl groups is 2. The lowest BCUT2D eigenvalue weighted by molar-refractivity contribution is -0.138. The van der Waals surface area contributed by atoms with Crippen molar-refractivity contribution >= 4 is 22.8 Å². The largest absolute Gasteiger partial charge is 0.506 e. The minimum absolute atomic E-state index is 0.00134. The lowest BCUT2D eigenvalue weighted by Crippen LogP contribution is -2.39. The van der Waals surface area contributed by atoms with Gasteiger partial charge in [-0.15, -0.1) is 0 Å². The maximum atomic E-state index is 13.7. The second-order valence-electron chi connectivity index (χ2n) is 8.69. The van der Waals surface area contributed by atoms with Gasteiger partial charge in [0.1, 0.15) is 30.2 Å². The molecule has 1 aliphatic rings. The van der Waals surface area contributed by atoms with E-state index in [1.54, 1.807) is 0 Å². The zero-order chi connectivity index (χ0) is 28.1. The van der Waals surface area contributed by atoms with Gasteiger partial charge in [0, 0.05) is 22.7 Å². The molecule has 1 unspecified atom stereocenters. The molecule has 1 aliphatic heterocycles. The van der Waals surface area contributed by atoms with E-state index in [0.717, 1.165) is 16.7 Å². The van der Waals surface area contributed by atoms with Crippen LogP contribution in [0.5, 0.6) is 17.2 Å². The molecular weight excluding hydrogens is 523 g/mol. The normalized spacial score (nSPS) is 14.6. The number of ether oxygens (including phenoxy) is 1. The van der Waals surface area contributed by atoms with E-state index >= 15 is 0 Å². The topological polar surface area (TPSA) is 151 Å². The molecule has 1 atom stereocenters. The number of halogens is 3. The van der Waals surface area contributed by atoms with Crippen molar-refractivity contribution in [3.63, 3.8) is 0 Å². The molecule has 0 radical (unpaired) electrons. The average Bonchev–Trinajstić information content (AvgIpc) is 2.89. The molecule has 4 aromatic rings. The highest BCUT2D eigenvalue weighted by Crippen LogP contribution is 2.44. The third-order valence-electron chi connectivity index (χ3n) is 6.28. The Bertz CT molecular complexity index is 1700. The van der Waals surface area contributed by atoms with Gasteiger partial charge in [-0.05, 0) is 35.9 Å². The van der Waals surface area contributed by atoms with Gasteiger partial charge in [0.15, 0.2) is 5.75 Å². The summed E-state index contributed by atoms with van der Waals surface area (Å²) in [6, 6.07) is 7.35.